The highest BCUT2D eigenvalue weighted by Gasteiger charge is 2.53. The van der Waals surface area contributed by atoms with Crippen LogP contribution in [0.3, 0.4) is 0 Å². The zero-order valence-corrected chi connectivity index (χ0v) is 23.8. The molecule has 216 valence electrons. The number of nitrogens with one attached hydrogen (secondary N) is 1. The largest absolute Gasteiger partial charge is 0.480 e. The number of carbonyl (C=O) groups excluding carboxylic acids is 2. The number of aromatic nitrogens is 1. The molecule has 2 rings (SSSR count). The van der Waals surface area contributed by atoms with Gasteiger partial charge in [-0.3, -0.25) is 14.9 Å². The third-order valence-corrected chi connectivity index (χ3v) is 8.55. The van der Waals surface area contributed by atoms with Gasteiger partial charge in [-0.1, -0.05) is 79.0 Å². The Hall–Kier alpha value is -3.08. The summed E-state index contributed by atoms with van der Waals surface area (Å²) in [7, 11) is 0. The number of benzene rings is 1. The third kappa shape index (κ3) is 6.08. The maximum absolute atomic E-state index is 14.1. The minimum absolute atomic E-state index is 0.0246. The molecule has 10 nitrogen and oxygen atoms in total. The van der Waals surface area contributed by atoms with Crippen LogP contribution in [0.25, 0.3) is 10.9 Å². The Labute approximate surface area is 230 Å². The standard InChI is InChI=1S/C29H44N4O6/c1-7-17(4)23(25(35)29(31,27(38)39)19(6)9-3)32-21(24(34)28(30,26(36)37)18(5)8-2)16-33-15-14-20-12-10-11-13-22(20)33/h10-15,17-19,21,23,32H,7-9,16,30-31H2,1-6H3,(H,36,37)(H,38,39)/t17-,18?,19?,21-,23-,28?,29?/m0/s1. The molecule has 0 saturated heterocycles. The molecule has 0 fully saturated rings. The molecule has 1 heterocycles. The fraction of sp³-hybridized carbons (Fsp3) is 0.586. The van der Waals surface area contributed by atoms with Crippen molar-refractivity contribution >= 4 is 34.4 Å². The van der Waals surface area contributed by atoms with Crippen LogP contribution in [0.2, 0.25) is 0 Å². The lowest BCUT2D eigenvalue weighted by Crippen LogP contribution is -2.69. The molecule has 10 heteroatoms. The molecule has 0 spiro atoms. The fourth-order valence-corrected chi connectivity index (χ4v) is 4.97. The van der Waals surface area contributed by atoms with Crippen LogP contribution in [0.15, 0.2) is 36.5 Å². The van der Waals surface area contributed by atoms with Gasteiger partial charge in [0.2, 0.25) is 0 Å². The van der Waals surface area contributed by atoms with Crippen LogP contribution in [0.1, 0.15) is 60.8 Å². The molecular weight excluding hydrogens is 500 g/mol. The molecule has 0 amide bonds. The number of fused-ring (bicyclic) bond motifs is 1. The van der Waals surface area contributed by atoms with E-state index in [4.69, 9.17) is 11.5 Å². The first kappa shape index (κ1) is 32.1. The van der Waals surface area contributed by atoms with Gasteiger partial charge in [-0.2, -0.15) is 0 Å². The van der Waals surface area contributed by atoms with Crippen molar-refractivity contribution in [3.63, 3.8) is 0 Å². The van der Waals surface area contributed by atoms with E-state index in [9.17, 15) is 29.4 Å². The molecule has 4 unspecified atom stereocenters. The number of hydrogen-bond donors (Lipinski definition) is 5. The van der Waals surface area contributed by atoms with Crippen molar-refractivity contribution in [2.75, 3.05) is 0 Å². The summed E-state index contributed by atoms with van der Waals surface area (Å²) in [4.78, 5) is 52.8. The number of carboxylic acids is 2. The van der Waals surface area contributed by atoms with Crippen molar-refractivity contribution in [3.05, 3.63) is 36.5 Å². The van der Waals surface area contributed by atoms with E-state index in [1.165, 1.54) is 0 Å². The summed E-state index contributed by atoms with van der Waals surface area (Å²) in [6, 6.07) is 7.00. The Balaban J connectivity index is 2.68. The van der Waals surface area contributed by atoms with Crippen molar-refractivity contribution in [1.29, 1.82) is 0 Å². The van der Waals surface area contributed by atoms with E-state index in [0.717, 1.165) is 10.9 Å². The summed E-state index contributed by atoms with van der Waals surface area (Å²) in [5, 5.41) is 24.2. The SMILES string of the molecule is CCC(C)C(N)(C(=O)O)C(=O)[C@H](Cn1ccc2ccccc21)N[C@H](C(=O)C(N)(C(=O)O)C(C)CC)[C@@H](C)CC. The van der Waals surface area contributed by atoms with E-state index < -0.39 is 64.4 Å². The number of Topliss-reactive ketones (excluding diaryl/α,β-unsaturated/α-hetero) is 2. The summed E-state index contributed by atoms with van der Waals surface area (Å²) in [6.07, 6.45) is 2.93. The summed E-state index contributed by atoms with van der Waals surface area (Å²) >= 11 is 0. The number of nitrogens with zero attached hydrogens (tertiary/aromatic N) is 1. The smallest absolute Gasteiger partial charge is 0.331 e. The van der Waals surface area contributed by atoms with Crippen LogP contribution in [0, 0.1) is 17.8 Å². The van der Waals surface area contributed by atoms with E-state index in [2.05, 4.69) is 5.32 Å². The minimum Gasteiger partial charge on any atom is -0.480 e. The second-order valence-electron chi connectivity index (χ2n) is 10.8. The topological polar surface area (TPSA) is 178 Å². The van der Waals surface area contributed by atoms with Crippen molar-refractivity contribution in [1.82, 2.24) is 9.88 Å². The zero-order valence-electron chi connectivity index (χ0n) is 23.8. The zero-order chi connectivity index (χ0) is 29.7. The average Bonchev–Trinajstić information content (AvgIpc) is 3.34. The lowest BCUT2D eigenvalue weighted by Gasteiger charge is -2.38. The van der Waals surface area contributed by atoms with Gasteiger partial charge in [0.25, 0.3) is 0 Å². The molecular formula is C29H44N4O6. The van der Waals surface area contributed by atoms with Crippen LogP contribution < -0.4 is 16.8 Å². The van der Waals surface area contributed by atoms with Crippen LogP contribution >= 0.6 is 0 Å². The van der Waals surface area contributed by atoms with E-state index in [1.54, 1.807) is 45.4 Å². The van der Waals surface area contributed by atoms with Gasteiger partial charge in [0.05, 0.1) is 12.1 Å². The second-order valence-corrected chi connectivity index (χ2v) is 10.8. The van der Waals surface area contributed by atoms with Gasteiger partial charge < -0.3 is 26.2 Å². The first-order chi connectivity index (χ1) is 18.2. The Bertz CT molecular complexity index is 1200. The molecule has 0 aliphatic rings. The molecule has 7 N–H and O–H groups in total. The maximum atomic E-state index is 14.1. The predicted molar refractivity (Wildman–Crippen MR) is 150 cm³/mol. The van der Waals surface area contributed by atoms with Gasteiger partial charge in [0.1, 0.15) is 0 Å². The number of para-hydroxylation sites is 1. The Morgan fingerprint density at radius 3 is 1.85 bits per heavy atom. The normalized spacial score (nSPS) is 18.8. The molecule has 7 atom stereocenters. The lowest BCUT2D eigenvalue weighted by molar-refractivity contribution is -0.152. The average molecular weight is 545 g/mol. The number of carboxylic acid groups (broad SMARTS) is 2. The molecule has 1 aromatic heterocycles. The van der Waals surface area contributed by atoms with Crippen LogP contribution in [-0.2, 0) is 25.7 Å². The van der Waals surface area contributed by atoms with E-state index in [0.29, 0.717) is 19.3 Å². The first-order valence-corrected chi connectivity index (χ1v) is 13.6. The van der Waals surface area contributed by atoms with Gasteiger partial charge in [0.15, 0.2) is 22.6 Å². The summed E-state index contributed by atoms with van der Waals surface area (Å²) in [5.41, 5.74) is 9.02. The summed E-state index contributed by atoms with van der Waals surface area (Å²) in [5.74, 6) is -6.27. The quantitative estimate of drug-likeness (QED) is 0.199. The molecule has 2 aromatic rings. The molecule has 1 aromatic carbocycles. The van der Waals surface area contributed by atoms with Gasteiger partial charge in [0, 0.05) is 18.3 Å². The number of aliphatic carboxylic acids is 2. The molecule has 0 bridgehead atoms. The van der Waals surface area contributed by atoms with Crippen LogP contribution in [0.5, 0.6) is 0 Å². The fourth-order valence-electron chi connectivity index (χ4n) is 4.97. The number of rotatable bonds is 16. The summed E-state index contributed by atoms with van der Waals surface area (Å²) in [6.45, 7) is 10.3. The van der Waals surface area contributed by atoms with Crippen LogP contribution in [0.4, 0.5) is 0 Å². The predicted octanol–water partition coefficient (Wildman–Crippen LogP) is 2.81. The highest BCUT2D eigenvalue weighted by Crippen LogP contribution is 2.27. The Kier molecular flexibility index (Phi) is 10.6. The highest BCUT2D eigenvalue weighted by atomic mass is 16.4. The van der Waals surface area contributed by atoms with Crippen molar-refractivity contribution in [3.8, 4) is 0 Å². The second kappa shape index (κ2) is 12.8. The molecule has 0 saturated carbocycles. The van der Waals surface area contributed by atoms with Crippen molar-refractivity contribution in [2.24, 2.45) is 29.2 Å². The molecule has 39 heavy (non-hydrogen) atoms. The van der Waals surface area contributed by atoms with Gasteiger partial charge >= 0.3 is 11.9 Å². The summed E-state index contributed by atoms with van der Waals surface area (Å²) < 4.78 is 1.80. The molecule has 0 aliphatic carbocycles. The lowest BCUT2D eigenvalue weighted by atomic mass is 9.74. The van der Waals surface area contributed by atoms with Crippen molar-refractivity contribution < 1.29 is 29.4 Å². The van der Waals surface area contributed by atoms with Crippen molar-refractivity contribution in [2.45, 2.75) is 90.5 Å². The van der Waals surface area contributed by atoms with E-state index in [-0.39, 0.29) is 6.54 Å². The number of carbonyl (C=O) groups is 4. The monoisotopic (exact) mass is 544 g/mol. The van der Waals surface area contributed by atoms with E-state index >= 15 is 0 Å². The van der Waals surface area contributed by atoms with Crippen LogP contribution in [-0.4, -0.2) is 61.4 Å². The number of hydrogen-bond acceptors (Lipinski definition) is 7. The van der Waals surface area contributed by atoms with Gasteiger partial charge in [-0.25, -0.2) is 9.59 Å². The Morgan fingerprint density at radius 1 is 0.846 bits per heavy atom. The molecule has 0 aliphatic heterocycles. The number of ketones is 2. The number of nitrogens with two attached hydrogens (primary N) is 2. The third-order valence-electron chi connectivity index (χ3n) is 8.55. The maximum Gasteiger partial charge on any atom is 0.331 e. The first-order valence-electron chi connectivity index (χ1n) is 13.6. The van der Waals surface area contributed by atoms with E-state index in [1.807, 2.05) is 37.3 Å². The molecule has 0 radical (unpaired) electrons. The van der Waals surface area contributed by atoms with Gasteiger partial charge in [-0.15, -0.1) is 0 Å². The Morgan fingerprint density at radius 2 is 1.36 bits per heavy atom. The highest BCUT2D eigenvalue weighted by molar-refractivity contribution is 6.12. The minimum atomic E-state index is -2.23. The van der Waals surface area contributed by atoms with Gasteiger partial charge in [-0.05, 0) is 35.3 Å².